The number of hydrazone groups is 1. The lowest BCUT2D eigenvalue weighted by Crippen LogP contribution is -2.17. The molecule has 0 atom stereocenters. The largest absolute Gasteiger partial charge is 0.326 e. The summed E-state index contributed by atoms with van der Waals surface area (Å²) in [5, 5.41) is 8.32. The molecular weight excluding hydrogens is 437 g/mol. The van der Waals surface area contributed by atoms with E-state index in [1.807, 2.05) is 6.07 Å². The van der Waals surface area contributed by atoms with Crippen molar-refractivity contribution in [3.63, 3.8) is 0 Å². The van der Waals surface area contributed by atoms with Crippen LogP contribution >= 0.6 is 23.2 Å². The highest BCUT2D eigenvalue weighted by Crippen LogP contribution is 2.21. The van der Waals surface area contributed by atoms with Gasteiger partial charge in [-0.15, -0.1) is 0 Å². The normalized spacial score (nSPS) is 11.0. The van der Waals surface area contributed by atoms with Crippen LogP contribution in [0.15, 0.2) is 76.6 Å². The number of carbonyl (C=O) groups excluding carboxylic acids is 1. The summed E-state index contributed by atoms with van der Waals surface area (Å²) >= 11 is 11.8. The number of nitrogens with zero attached hydrogens (tertiary/aromatic N) is 2. The van der Waals surface area contributed by atoms with E-state index in [-0.39, 0.29) is 11.5 Å². The number of anilines is 2. The van der Waals surface area contributed by atoms with E-state index >= 15 is 0 Å². The predicted molar refractivity (Wildman–Crippen MR) is 124 cm³/mol. The third kappa shape index (κ3) is 4.91. The minimum Gasteiger partial charge on any atom is -0.326 e. The van der Waals surface area contributed by atoms with E-state index in [9.17, 15) is 9.59 Å². The summed E-state index contributed by atoms with van der Waals surface area (Å²) in [6.45, 7) is 0. The third-order valence-electron chi connectivity index (χ3n) is 4.35. The van der Waals surface area contributed by atoms with E-state index in [1.165, 1.54) is 6.21 Å². The highest BCUT2D eigenvalue weighted by atomic mass is 35.5. The monoisotopic (exact) mass is 451 g/mol. The van der Waals surface area contributed by atoms with Crippen molar-refractivity contribution in [2.24, 2.45) is 5.10 Å². The van der Waals surface area contributed by atoms with Crippen molar-refractivity contribution in [1.82, 2.24) is 15.4 Å². The molecule has 0 fully saturated rings. The molecule has 0 saturated carbocycles. The SMILES string of the molecule is O=C(N/N=C\c1ccc(Cl)c(Cl)c1)c1ccc(Nc2nc3ccccc3c(=O)[nH]2)cc1. The van der Waals surface area contributed by atoms with E-state index in [0.717, 1.165) is 0 Å². The predicted octanol–water partition coefficient (Wildman–Crippen LogP) is 4.74. The number of fused-ring (bicyclic) bond motifs is 1. The molecule has 9 heteroatoms. The smallest absolute Gasteiger partial charge is 0.271 e. The molecule has 1 heterocycles. The zero-order chi connectivity index (χ0) is 21.8. The van der Waals surface area contributed by atoms with Gasteiger partial charge in [0, 0.05) is 11.3 Å². The molecule has 3 N–H and O–H groups in total. The van der Waals surface area contributed by atoms with Gasteiger partial charge in [0.05, 0.1) is 27.2 Å². The van der Waals surface area contributed by atoms with Gasteiger partial charge in [-0.1, -0.05) is 41.4 Å². The number of rotatable bonds is 5. The van der Waals surface area contributed by atoms with Crippen molar-refractivity contribution in [3.05, 3.63) is 98.3 Å². The number of aromatic nitrogens is 2. The van der Waals surface area contributed by atoms with Crippen molar-refractivity contribution < 1.29 is 4.79 Å². The van der Waals surface area contributed by atoms with E-state index in [1.54, 1.807) is 60.7 Å². The van der Waals surface area contributed by atoms with Gasteiger partial charge in [0.25, 0.3) is 11.5 Å². The topological polar surface area (TPSA) is 99.2 Å². The number of amides is 1. The minimum absolute atomic E-state index is 0.232. The summed E-state index contributed by atoms with van der Waals surface area (Å²) in [6, 6.07) is 18.8. The number of aromatic amines is 1. The van der Waals surface area contributed by atoms with Gasteiger partial charge in [-0.2, -0.15) is 5.10 Å². The lowest BCUT2D eigenvalue weighted by Gasteiger charge is -2.07. The van der Waals surface area contributed by atoms with Gasteiger partial charge in [0.2, 0.25) is 5.95 Å². The fourth-order valence-corrected chi connectivity index (χ4v) is 3.12. The first-order valence-electron chi connectivity index (χ1n) is 9.14. The molecule has 0 spiro atoms. The number of halogens is 2. The molecule has 7 nitrogen and oxygen atoms in total. The Morgan fingerprint density at radius 1 is 1.00 bits per heavy atom. The Labute approximate surface area is 186 Å². The van der Waals surface area contributed by atoms with Crippen LogP contribution < -0.4 is 16.3 Å². The molecule has 0 saturated heterocycles. The standard InChI is InChI=1S/C22H15Cl2N5O2/c23-17-10-5-13(11-18(17)24)12-25-29-20(30)14-6-8-15(9-7-14)26-22-27-19-4-2-1-3-16(19)21(31)28-22/h1-12H,(H,29,30)(H2,26,27,28,31)/b25-12-. The van der Waals surface area contributed by atoms with Gasteiger partial charge >= 0.3 is 0 Å². The Morgan fingerprint density at radius 2 is 1.77 bits per heavy atom. The summed E-state index contributed by atoms with van der Waals surface area (Å²) in [4.78, 5) is 31.5. The second-order valence-corrected chi connectivity index (χ2v) is 7.32. The van der Waals surface area contributed by atoms with Crippen LogP contribution in [0, 0.1) is 0 Å². The number of para-hydroxylation sites is 1. The van der Waals surface area contributed by atoms with Gasteiger partial charge < -0.3 is 5.32 Å². The molecule has 0 aliphatic rings. The van der Waals surface area contributed by atoms with Crippen molar-refractivity contribution in [1.29, 1.82) is 0 Å². The molecule has 1 aromatic heterocycles. The molecule has 4 rings (SSSR count). The Balaban J connectivity index is 1.42. The zero-order valence-electron chi connectivity index (χ0n) is 15.9. The van der Waals surface area contributed by atoms with Gasteiger partial charge in [-0.05, 0) is 54.1 Å². The summed E-state index contributed by atoms with van der Waals surface area (Å²) < 4.78 is 0. The molecule has 4 aromatic rings. The molecule has 0 radical (unpaired) electrons. The fourth-order valence-electron chi connectivity index (χ4n) is 2.81. The van der Waals surface area contributed by atoms with Crippen LogP contribution in [0.5, 0.6) is 0 Å². The quantitative estimate of drug-likeness (QED) is 0.301. The Morgan fingerprint density at radius 3 is 2.55 bits per heavy atom. The Bertz CT molecular complexity index is 1350. The van der Waals surface area contributed by atoms with Crippen LogP contribution in [0.1, 0.15) is 15.9 Å². The van der Waals surface area contributed by atoms with Crippen LogP contribution in [0.25, 0.3) is 10.9 Å². The minimum atomic E-state index is -0.375. The first kappa shape index (κ1) is 20.6. The van der Waals surface area contributed by atoms with Crippen LogP contribution in [-0.4, -0.2) is 22.1 Å². The molecule has 0 unspecified atom stereocenters. The zero-order valence-corrected chi connectivity index (χ0v) is 17.4. The molecule has 1 amide bonds. The van der Waals surface area contributed by atoms with Crippen LogP contribution in [0.2, 0.25) is 10.0 Å². The first-order chi connectivity index (χ1) is 15.0. The molecule has 0 bridgehead atoms. The Hall–Kier alpha value is -3.68. The molecular formula is C22H15Cl2N5O2. The average Bonchev–Trinajstić information content (AvgIpc) is 2.77. The lowest BCUT2D eigenvalue weighted by atomic mass is 10.2. The second-order valence-electron chi connectivity index (χ2n) is 6.51. The summed E-state index contributed by atoms with van der Waals surface area (Å²) in [5.74, 6) is -0.0628. The number of H-pyrrole nitrogens is 1. The maximum Gasteiger partial charge on any atom is 0.271 e. The highest BCUT2D eigenvalue weighted by molar-refractivity contribution is 6.42. The van der Waals surface area contributed by atoms with Gasteiger partial charge in [0.1, 0.15) is 0 Å². The van der Waals surface area contributed by atoms with E-state index in [4.69, 9.17) is 23.2 Å². The fraction of sp³-hybridized carbons (Fsp3) is 0. The highest BCUT2D eigenvalue weighted by Gasteiger charge is 2.06. The lowest BCUT2D eigenvalue weighted by molar-refractivity contribution is 0.0955. The maximum atomic E-state index is 12.3. The second kappa shape index (κ2) is 8.99. The van der Waals surface area contributed by atoms with Gasteiger partial charge in [-0.3, -0.25) is 14.6 Å². The van der Waals surface area contributed by atoms with Crippen molar-refractivity contribution >= 4 is 57.9 Å². The summed E-state index contributed by atoms with van der Waals surface area (Å²) in [5.41, 5.74) is 4.58. The van der Waals surface area contributed by atoms with E-state index in [2.05, 4.69) is 25.8 Å². The molecule has 3 aromatic carbocycles. The van der Waals surface area contributed by atoms with Crippen LogP contribution in [-0.2, 0) is 0 Å². The Kier molecular flexibility index (Phi) is 5.97. The maximum absolute atomic E-state index is 12.3. The molecule has 31 heavy (non-hydrogen) atoms. The third-order valence-corrected chi connectivity index (χ3v) is 5.09. The van der Waals surface area contributed by atoms with Crippen LogP contribution in [0.4, 0.5) is 11.6 Å². The van der Waals surface area contributed by atoms with E-state index < -0.39 is 0 Å². The number of nitrogens with one attached hydrogen (secondary N) is 3. The van der Waals surface area contributed by atoms with Crippen LogP contribution in [0.3, 0.4) is 0 Å². The number of hydrogen-bond acceptors (Lipinski definition) is 5. The van der Waals surface area contributed by atoms with Crippen molar-refractivity contribution in [2.45, 2.75) is 0 Å². The summed E-state index contributed by atoms with van der Waals surface area (Å²) in [6.07, 6.45) is 1.47. The summed E-state index contributed by atoms with van der Waals surface area (Å²) in [7, 11) is 0. The average molecular weight is 452 g/mol. The van der Waals surface area contributed by atoms with Crippen molar-refractivity contribution in [3.8, 4) is 0 Å². The molecule has 0 aliphatic carbocycles. The van der Waals surface area contributed by atoms with E-state index in [0.29, 0.717) is 43.7 Å². The number of benzene rings is 3. The molecule has 154 valence electrons. The molecule has 0 aliphatic heterocycles. The number of hydrogen-bond donors (Lipinski definition) is 3. The number of carbonyl (C=O) groups is 1. The van der Waals surface area contributed by atoms with Gasteiger partial charge in [0.15, 0.2) is 0 Å². The van der Waals surface area contributed by atoms with Crippen molar-refractivity contribution in [2.75, 3.05) is 5.32 Å². The first-order valence-corrected chi connectivity index (χ1v) is 9.90. The van der Waals surface area contributed by atoms with Gasteiger partial charge in [-0.25, -0.2) is 10.4 Å².